The SMILES string of the molecule is CCn1c(=O)cc(NCCN)n(Cc2ccccc2C#N)c1=O.Cn1c(=O)cc(N2CCCCC(N)C2)n(Cc2ccccc2)c1=O. The molecule has 1 fully saturated rings. The maximum absolute atomic E-state index is 12.7. The molecule has 13 nitrogen and oxygen atoms in total. The van der Waals surface area contributed by atoms with Crippen LogP contribution in [0.5, 0.6) is 0 Å². The van der Waals surface area contributed by atoms with Gasteiger partial charge in [0.15, 0.2) is 0 Å². The lowest BCUT2D eigenvalue weighted by atomic mass is 10.1. The van der Waals surface area contributed by atoms with Gasteiger partial charge in [0, 0.05) is 57.9 Å². The van der Waals surface area contributed by atoms with Crippen molar-refractivity contribution < 1.29 is 0 Å². The van der Waals surface area contributed by atoms with Crippen LogP contribution in [0.3, 0.4) is 0 Å². The molecule has 0 amide bonds. The highest BCUT2D eigenvalue weighted by Crippen LogP contribution is 2.18. The van der Waals surface area contributed by atoms with Gasteiger partial charge >= 0.3 is 11.4 Å². The number of benzene rings is 2. The van der Waals surface area contributed by atoms with Gasteiger partial charge in [0.1, 0.15) is 11.6 Å². The zero-order chi connectivity index (χ0) is 33.9. The van der Waals surface area contributed by atoms with Gasteiger partial charge in [0.2, 0.25) is 0 Å². The van der Waals surface area contributed by atoms with E-state index in [1.807, 2.05) is 36.4 Å². The summed E-state index contributed by atoms with van der Waals surface area (Å²) in [5, 5.41) is 12.2. The van der Waals surface area contributed by atoms with Crippen LogP contribution in [0.15, 0.2) is 85.9 Å². The number of nitrogens with one attached hydrogen (secondary N) is 1. The summed E-state index contributed by atoms with van der Waals surface area (Å²) in [6.45, 7) is 4.97. The topological polar surface area (TPSA) is 179 Å². The quantitative estimate of drug-likeness (QED) is 0.242. The summed E-state index contributed by atoms with van der Waals surface area (Å²) in [5.41, 5.74) is 12.5. The molecular formula is C34H43N9O4. The third-order valence-corrected chi connectivity index (χ3v) is 8.10. The van der Waals surface area contributed by atoms with Crippen LogP contribution in [-0.2, 0) is 26.7 Å². The molecular weight excluding hydrogens is 598 g/mol. The molecule has 0 radical (unpaired) electrons. The van der Waals surface area contributed by atoms with Gasteiger partial charge in [-0.25, -0.2) is 9.59 Å². The zero-order valence-electron chi connectivity index (χ0n) is 27.0. The summed E-state index contributed by atoms with van der Waals surface area (Å²) in [7, 11) is 1.52. The summed E-state index contributed by atoms with van der Waals surface area (Å²) < 4.78 is 5.44. The van der Waals surface area contributed by atoms with Gasteiger partial charge in [-0.05, 0) is 37.0 Å². The zero-order valence-corrected chi connectivity index (χ0v) is 27.0. The van der Waals surface area contributed by atoms with Crippen molar-refractivity contribution in [2.45, 2.75) is 51.9 Å². The van der Waals surface area contributed by atoms with Gasteiger partial charge in [0.25, 0.3) is 11.1 Å². The van der Waals surface area contributed by atoms with E-state index in [4.69, 9.17) is 11.5 Å². The number of nitrogens with two attached hydrogens (primary N) is 2. The van der Waals surface area contributed by atoms with Crippen LogP contribution in [0.25, 0.3) is 0 Å². The molecule has 0 spiro atoms. The fourth-order valence-corrected chi connectivity index (χ4v) is 5.56. The van der Waals surface area contributed by atoms with Gasteiger partial charge in [-0.2, -0.15) is 5.26 Å². The molecule has 0 saturated carbocycles. The molecule has 1 saturated heterocycles. The monoisotopic (exact) mass is 641 g/mol. The molecule has 2 aromatic heterocycles. The Hall–Kier alpha value is -5.19. The lowest BCUT2D eigenvalue weighted by Gasteiger charge is -2.28. The Bertz CT molecular complexity index is 1940. The van der Waals surface area contributed by atoms with Crippen LogP contribution in [0.2, 0.25) is 0 Å². The Balaban J connectivity index is 0.000000213. The smallest absolute Gasteiger partial charge is 0.332 e. The summed E-state index contributed by atoms with van der Waals surface area (Å²) in [5.74, 6) is 1.08. The molecule has 4 aromatic rings. The van der Waals surface area contributed by atoms with E-state index in [-0.39, 0.29) is 35.9 Å². The Labute approximate surface area is 272 Å². The highest BCUT2D eigenvalue weighted by molar-refractivity contribution is 5.41. The maximum Gasteiger partial charge on any atom is 0.332 e. The van der Waals surface area contributed by atoms with Crippen LogP contribution in [-0.4, -0.2) is 50.5 Å². The first-order chi connectivity index (χ1) is 22.7. The molecule has 1 aliphatic rings. The van der Waals surface area contributed by atoms with Crippen LogP contribution < -0.4 is 44.2 Å². The van der Waals surface area contributed by atoms with E-state index in [1.165, 1.54) is 17.7 Å². The van der Waals surface area contributed by atoms with E-state index in [2.05, 4.69) is 16.3 Å². The normalized spacial score (nSPS) is 14.4. The van der Waals surface area contributed by atoms with Crippen molar-refractivity contribution in [1.29, 1.82) is 5.26 Å². The predicted octanol–water partition coefficient (Wildman–Crippen LogP) is 1.23. The van der Waals surface area contributed by atoms with Crippen molar-refractivity contribution in [3.05, 3.63) is 125 Å². The Morgan fingerprint density at radius 2 is 1.62 bits per heavy atom. The summed E-state index contributed by atoms with van der Waals surface area (Å²) in [6.07, 6.45) is 3.07. The fourth-order valence-electron chi connectivity index (χ4n) is 5.56. The van der Waals surface area contributed by atoms with Crippen molar-refractivity contribution in [2.75, 3.05) is 36.4 Å². The van der Waals surface area contributed by atoms with E-state index < -0.39 is 5.69 Å². The minimum atomic E-state index is -0.410. The first-order valence-corrected chi connectivity index (χ1v) is 15.8. The van der Waals surface area contributed by atoms with E-state index in [1.54, 1.807) is 35.8 Å². The standard InChI is InChI=1S/C18H24N4O2.C16H19N5O2/c1-20-17(23)11-16(21-10-6-5-9-15(19)13-21)22(18(20)24)12-14-7-3-2-4-8-14;1-2-20-15(22)9-14(19-8-7-17)21(16(20)23)11-13-6-4-3-5-12(13)10-18/h2-4,7-8,11,15H,5-6,9-10,12-13,19H2,1H3;3-6,9,19H,2,7-8,11,17H2,1H3. The number of nitriles is 1. The van der Waals surface area contributed by atoms with Gasteiger partial charge in [-0.1, -0.05) is 55.0 Å². The average molecular weight is 642 g/mol. The van der Waals surface area contributed by atoms with E-state index in [0.29, 0.717) is 48.9 Å². The highest BCUT2D eigenvalue weighted by Gasteiger charge is 2.20. The van der Waals surface area contributed by atoms with Crippen molar-refractivity contribution >= 4 is 11.6 Å². The summed E-state index contributed by atoms with van der Waals surface area (Å²) >= 11 is 0. The molecule has 2 aromatic carbocycles. The van der Waals surface area contributed by atoms with Gasteiger partial charge in [-0.3, -0.25) is 27.9 Å². The third-order valence-electron chi connectivity index (χ3n) is 8.10. The number of hydrogen-bond acceptors (Lipinski definition) is 9. The van der Waals surface area contributed by atoms with E-state index in [0.717, 1.165) is 40.5 Å². The van der Waals surface area contributed by atoms with Crippen LogP contribution in [0, 0.1) is 11.3 Å². The number of rotatable bonds is 9. The number of anilines is 2. The molecule has 248 valence electrons. The van der Waals surface area contributed by atoms with Crippen molar-refractivity contribution in [1.82, 2.24) is 18.3 Å². The predicted molar refractivity (Wildman–Crippen MR) is 184 cm³/mol. The highest BCUT2D eigenvalue weighted by atomic mass is 16.2. The van der Waals surface area contributed by atoms with E-state index in [9.17, 15) is 24.4 Å². The third kappa shape index (κ3) is 8.55. The molecule has 5 rings (SSSR count). The van der Waals surface area contributed by atoms with Crippen LogP contribution in [0.4, 0.5) is 11.6 Å². The molecule has 0 bridgehead atoms. The fraction of sp³-hybridized carbons (Fsp3) is 0.382. The molecule has 1 atom stereocenters. The second-order valence-electron chi connectivity index (χ2n) is 11.4. The maximum atomic E-state index is 12.7. The summed E-state index contributed by atoms with van der Waals surface area (Å²) in [6, 6.07) is 22.0. The van der Waals surface area contributed by atoms with Gasteiger partial charge in [-0.15, -0.1) is 0 Å². The number of aromatic nitrogens is 4. The Morgan fingerprint density at radius 3 is 2.32 bits per heavy atom. The van der Waals surface area contributed by atoms with Crippen LogP contribution >= 0.6 is 0 Å². The minimum absolute atomic E-state index is 0.0665. The number of hydrogen-bond donors (Lipinski definition) is 3. The molecule has 1 unspecified atom stereocenters. The average Bonchev–Trinajstić information content (AvgIpc) is 3.30. The Kier molecular flexibility index (Phi) is 12.1. The van der Waals surface area contributed by atoms with Gasteiger partial charge in [0.05, 0.1) is 24.7 Å². The second-order valence-corrected chi connectivity index (χ2v) is 11.4. The molecule has 3 heterocycles. The molecule has 47 heavy (non-hydrogen) atoms. The largest absolute Gasteiger partial charge is 0.370 e. The van der Waals surface area contributed by atoms with Crippen LogP contribution in [0.1, 0.15) is 42.9 Å². The first kappa shape index (κ1) is 34.7. The minimum Gasteiger partial charge on any atom is -0.370 e. The lowest BCUT2D eigenvalue weighted by molar-refractivity contribution is 0.598. The van der Waals surface area contributed by atoms with Crippen molar-refractivity contribution in [2.24, 2.45) is 18.5 Å². The van der Waals surface area contributed by atoms with Gasteiger partial charge < -0.3 is 21.7 Å². The van der Waals surface area contributed by atoms with E-state index >= 15 is 0 Å². The Morgan fingerprint density at radius 1 is 0.894 bits per heavy atom. The first-order valence-electron chi connectivity index (χ1n) is 15.8. The second kappa shape index (κ2) is 16.4. The van der Waals surface area contributed by atoms with Crippen molar-refractivity contribution in [3.63, 3.8) is 0 Å². The van der Waals surface area contributed by atoms with Crippen molar-refractivity contribution in [3.8, 4) is 6.07 Å². The molecule has 5 N–H and O–H groups in total. The molecule has 13 heteroatoms. The lowest BCUT2D eigenvalue weighted by Crippen LogP contribution is -2.44. The number of nitrogens with zero attached hydrogens (tertiary/aromatic N) is 6. The molecule has 0 aliphatic carbocycles. The summed E-state index contributed by atoms with van der Waals surface area (Å²) in [4.78, 5) is 51.5. The molecule has 1 aliphatic heterocycles.